The molecule has 0 unspecified atom stereocenters. The van der Waals surface area contributed by atoms with Crippen molar-refractivity contribution < 1.29 is 29.3 Å². The van der Waals surface area contributed by atoms with Crippen molar-refractivity contribution in [3.8, 4) is 5.75 Å². The van der Waals surface area contributed by atoms with Crippen LogP contribution in [0.2, 0.25) is 10.0 Å². The summed E-state index contributed by atoms with van der Waals surface area (Å²) in [6.45, 7) is 0. The number of amides is 1. The van der Waals surface area contributed by atoms with Gasteiger partial charge in [0.2, 0.25) is 0 Å². The van der Waals surface area contributed by atoms with Gasteiger partial charge in [0.25, 0.3) is 5.91 Å². The standard InChI is InChI=1S/C12H11Cl2NO6/c1-21-10-6(13)2-5(3-7(10)14)11(18)15-8(12(19)20)4-9(16)17/h2-3,8H,4H2,1H3,(H,15,18)(H,16,17)(H,19,20)/t8-/m1/s1. The molecule has 0 fully saturated rings. The quantitative estimate of drug-likeness (QED) is 0.728. The fourth-order valence-electron chi connectivity index (χ4n) is 1.50. The molecule has 0 aliphatic rings. The van der Waals surface area contributed by atoms with Gasteiger partial charge in [0, 0.05) is 5.56 Å². The Hall–Kier alpha value is -1.99. The Morgan fingerprint density at radius 2 is 1.76 bits per heavy atom. The summed E-state index contributed by atoms with van der Waals surface area (Å²) in [5.41, 5.74) is -0.0116. The van der Waals surface area contributed by atoms with E-state index in [9.17, 15) is 14.4 Å². The van der Waals surface area contributed by atoms with Crippen molar-refractivity contribution in [1.82, 2.24) is 5.32 Å². The van der Waals surface area contributed by atoms with Crippen molar-refractivity contribution in [1.29, 1.82) is 0 Å². The van der Waals surface area contributed by atoms with E-state index in [0.29, 0.717) is 0 Å². The summed E-state index contributed by atoms with van der Waals surface area (Å²) in [4.78, 5) is 33.4. The first kappa shape index (κ1) is 17.1. The van der Waals surface area contributed by atoms with Crippen LogP contribution in [-0.4, -0.2) is 41.2 Å². The third kappa shape index (κ3) is 4.51. The Bertz CT molecular complexity index is 566. The number of nitrogens with one attached hydrogen (secondary N) is 1. The summed E-state index contributed by atoms with van der Waals surface area (Å²) >= 11 is 11.7. The van der Waals surface area contributed by atoms with Gasteiger partial charge in [-0.3, -0.25) is 9.59 Å². The minimum Gasteiger partial charge on any atom is -0.494 e. The molecule has 1 aromatic rings. The normalized spacial score (nSPS) is 11.6. The van der Waals surface area contributed by atoms with Crippen molar-refractivity contribution >= 4 is 41.0 Å². The van der Waals surface area contributed by atoms with E-state index in [0.717, 1.165) is 0 Å². The molecule has 1 amide bonds. The fraction of sp³-hybridized carbons (Fsp3) is 0.250. The minimum absolute atomic E-state index is 0.0116. The van der Waals surface area contributed by atoms with E-state index in [2.05, 4.69) is 5.32 Å². The van der Waals surface area contributed by atoms with Crippen molar-refractivity contribution in [2.75, 3.05) is 7.11 Å². The van der Waals surface area contributed by atoms with Crippen molar-refractivity contribution in [3.63, 3.8) is 0 Å². The molecule has 0 saturated heterocycles. The average molecular weight is 336 g/mol. The first-order valence-electron chi connectivity index (χ1n) is 5.54. The second kappa shape index (κ2) is 7.14. The number of aliphatic carboxylic acids is 2. The SMILES string of the molecule is COc1c(Cl)cc(C(=O)N[C@H](CC(=O)O)C(=O)O)cc1Cl. The first-order valence-corrected chi connectivity index (χ1v) is 6.30. The molecule has 9 heteroatoms. The van der Waals surface area contributed by atoms with Gasteiger partial charge in [-0.2, -0.15) is 0 Å². The number of carbonyl (C=O) groups excluding carboxylic acids is 1. The van der Waals surface area contributed by atoms with E-state index in [1.165, 1.54) is 19.2 Å². The number of carbonyl (C=O) groups is 3. The average Bonchev–Trinajstić information content (AvgIpc) is 2.36. The molecule has 0 aliphatic carbocycles. The van der Waals surface area contributed by atoms with Crippen LogP contribution in [0.25, 0.3) is 0 Å². The van der Waals surface area contributed by atoms with Crippen LogP contribution >= 0.6 is 23.2 Å². The maximum absolute atomic E-state index is 11.9. The Kier molecular flexibility index (Phi) is 5.80. The van der Waals surface area contributed by atoms with Crippen molar-refractivity contribution in [2.45, 2.75) is 12.5 Å². The molecule has 0 spiro atoms. The van der Waals surface area contributed by atoms with Gasteiger partial charge in [-0.25, -0.2) is 4.79 Å². The zero-order valence-corrected chi connectivity index (χ0v) is 12.2. The molecule has 1 rings (SSSR count). The van der Waals surface area contributed by atoms with Gasteiger partial charge in [0.15, 0.2) is 5.75 Å². The minimum atomic E-state index is -1.56. The van der Waals surface area contributed by atoms with Crippen LogP contribution in [0.1, 0.15) is 16.8 Å². The Balaban J connectivity index is 2.98. The summed E-state index contributed by atoms with van der Waals surface area (Å²) in [5, 5.41) is 19.7. The third-order valence-electron chi connectivity index (χ3n) is 2.45. The van der Waals surface area contributed by atoms with E-state index < -0.39 is 30.3 Å². The van der Waals surface area contributed by atoms with Gasteiger partial charge >= 0.3 is 11.9 Å². The molecule has 0 aliphatic heterocycles. The molecule has 3 N–H and O–H groups in total. The van der Waals surface area contributed by atoms with E-state index in [1.54, 1.807) is 0 Å². The highest BCUT2D eigenvalue weighted by molar-refractivity contribution is 6.37. The number of halogens is 2. The van der Waals surface area contributed by atoms with Crippen LogP contribution < -0.4 is 10.1 Å². The number of carboxylic acids is 2. The smallest absolute Gasteiger partial charge is 0.326 e. The molecular formula is C12H11Cl2NO6. The molecule has 1 aromatic carbocycles. The maximum Gasteiger partial charge on any atom is 0.326 e. The van der Waals surface area contributed by atoms with E-state index in [-0.39, 0.29) is 21.4 Å². The highest BCUT2D eigenvalue weighted by Gasteiger charge is 2.24. The van der Waals surface area contributed by atoms with E-state index in [4.69, 9.17) is 38.2 Å². The second-order valence-corrected chi connectivity index (χ2v) is 4.75. The van der Waals surface area contributed by atoms with Crippen LogP contribution in [0.15, 0.2) is 12.1 Å². The highest BCUT2D eigenvalue weighted by atomic mass is 35.5. The van der Waals surface area contributed by atoms with Gasteiger partial charge in [-0.05, 0) is 12.1 Å². The van der Waals surface area contributed by atoms with E-state index >= 15 is 0 Å². The molecule has 0 heterocycles. The number of rotatable bonds is 6. The van der Waals surface area contributed by atoms with Crippen molar-refractivity contribution in [2.24, 2.45) is 0 Å². The Labute approximate surface area is 129 Å². The summed E-state index contributed by atoms with van der Waals surface area (Å²) in [5.74, 6) is -3.45. The van der Waals surface area contributed by atoms with Gasteiger partial charge in [-0.15, -0.1) is 0 Å². The molecular weight excluding hydrogens is 325 g/mol. The lowest BCUT2D eigenvalue weighted by Gasteiger charge is -2.13. The molecule has 7 nitrogen and oxygen atoms in total. The summed E-state index contributed by atoms with van der Waals surface area (Å²) in [6.07, 6.45) is -0.751. The number of ether oxygens (including phenoxy) is 1. The van der Waals surface area contributed by atoms with Crippen LogP contribution in [0.5, 0.6) is 5.75 Å². The van der Waals surface area contributed by atoms with E-state index in [1.807, 2.05) is 0 Å². The number of benzene rings is 1. The van der Waals surface area contributed by atoms with Gasteiger partial charge in [0.05, 0.1) is 23.6 Å². The molecule has 0 aromatic heterocycles. The van der Waals surface area contributed by atoms with Crippen LogP contribution in [-0.2, 0) is 9.59 Å². The topological polar surface area (TPSA) is 113 Å². The summed E-state index contributed by atoms with van der Waals surface area (Å²) in [6, 6.07) is 0.914. The van der Waals surface area contributed by atoms with Gasteiger partial charge < -0.3 is 20.3 Å². The lowest BCUT2D eigenvalue weighted by Crippen LogP contribution is -2.42. The number of hydrogen-bond acceptors (Lipinski definition) is 4. The zero-order chi connectivity index (χ0) is 16.2. The van der Waals surface area contributed by atoms with Gasteiger partial charge in [0.1, 0.15) is 6.04 Å². The monoisotopic (exact) mass is 335 g/mol. The zero-order valence-electron chi connectivity index (χ0n) is 10.7. The predicted octanol–water partition coefficient (Wildman–Crippen LogP) is 1.66. The van der Waals surface area contributed by atoms with Crippen LogP contribution in [0, 0.1) is 0 Å². The third-order valence-corrected chi connectivity index (χ3v) is 3.01. The molecule has 21 heavy (non-hydrogen) atoms. The molecule has 1 atom stereocenters. The molecule has 0 radical (unpaired) electrons. The largest absolute Gasteiger partial charge is 0.494 e. The summed E-state index contributed by atoms with van der Waals surface area (Å²) < 4.78 is 4.92. The molecule has 0 saturated carbocycles. The summed E-state index contributed by atoms with van der Waals surface area (Å²) in [7, 11) is 1.35. The Morgan fingerprint density at radius 3 is 2.14 bits per heavy atom. The van der Waals surface area contributed by atoms with Gasteiger partial charge in [-0.1, -0.05) is 23.2 Å². The highest BCUT2D eigenvalue weighted by Crippen LogP contribution is 2.33. The fourth-order valence-corrected chi connectivity index (χ4v) is 2.14. The number of methoxy groups -OCH3 is 1. The number of hydrogen-bond donors (Lipinski definition) is 3. The van der Waals surface area contributed by atoms with Crippen molar-refractivity contribution in [3.05, 3.63) is 27.7 Å². The van der Waals surface area contributed by atoms with Crippen LogP contribution in [0.4, 0.5) is 0 Å². The first-order chi connectivity index (χ1) is 9.76. The lowest BCUT2D eigenvalue weighted by molar-refractivity contribution is -0.145. The molecule has 0 bridgehead atoms. The second-order valence-electron chi connectivity index (χ2n) is 3.94. The number of carboxylic acid groups (broad SMARTS) is 2. The molecule has 114 valence electrons. The lowest BCUT2D eigenvalue weighted by atomic mass is 10.1. The van der Waals surface area contributed by atoms with Crippen LogP contribution in [0.3, 0.4) is 0 Å². The predicted molar refractivity (Wildman–Crippen MR) is 74.2 cm³/mol. The maximum atomic E-state index is 11.9. The Morgan fingerprint density at radius 1 is 1.24 bits per heavy atom.